The summed E-state index contributed by atoms with van der Waals surface area (Å²) in [5.74, 6) is 1.49. The first-order valence-corrected chi connectivity index (χ1v) is 7.78. The van der Waals surface area contributed by atoms with E-state index in [-0.39, 0.29) is 17.9 Å². The van der Waals surface area contributed by atoms with Gasteiger partial charge in [0.25, 0.3) is 5.91 Å². The van der Waals surface area contributed by atoms with Crippen molar-refractivity contribution in [1.29, 1.82) is 0 Å². The normalized spacial score (nSPS) is 17.8. The van der Waals surface area contributed by atoms with Crippen LogP contribution in [0.25, 0.3) is 0 Å². The van der Waals surface area contributed by atoms with Crippen LogP contribution in [0.15, 0.2) is 18.2 Å². The van der Waals surface area contributed by atoms with Gasteiger partial charge in [-0.3, -0.25) is 14.9 Å². The highest BCUT2D eigenvalue weighted by Crippen LogP contribution is 2.18. The largest absolute Gasteiger partial charge is 0.352 e. The summed E-state index contributed by atoms with van der Waals surface area (Å²) in [6.45, 7) is 4.36. The van der Waals surface area contributed by atoms with Gasteiger partial charge in [0.2, 0.25) is 5.91 Å². The molecule has 0 saturated carbocycles. The molecule has 20 heavy (non-hydrogen) atoms. The lowest BCUT2D eigenvalue weighted by Crippen LogP contribution is -2.37. The Morgan fingerprint density at radius 2 is 2.25 bits per heavy atom. The molecule has 5 nitrogen and oxygen atoms in total. The summed E-state index contributed by atoms with van der Waals surface area (Å²) in [7, 11) is 0. The van der Waals surface area contributed by atoms with Crippen molar-refractivity contribution in [2.75, 3.05) is 23.5 Å². The van der Waals surface area contributed by atoms with E-state index in [4.69, 9.17) is 0 Å². The molecule has 1 fully saturated rings. The van der Waals surface area contributed by atoms with E-state index in [1.807, 2.05) is 13.8 Å². The van der Waals surface area contributed by atoms with Crippen molar-refractivity contribution >= 4 is 29.3 Å². The summed E-state index contributed by atoms with van der Waals surface area (Å²) in [6.07, 6.45) is 0. The standard InChI is InChI=1S/C14H19N3O2S/c1-3-15-13(18)10-4-5-11(9(2)6-10)17-14(19)12-7-20-8-16-12/h4-6,12,16H,3,7-8H2,1-2H3,(H,15,18)(H,17,19). The predicted octanol–water partition coefficient (Wildman–Crippen LogP) is 1.35. The van der Waals surface area contributed by atoms with Gasteiger partial charge in [0, 0.05) is 29.4 Å². The first-order valence-electron chi connectivity index (χ1n) is 6.62. The Kier molecular flexibility index (Phi) is 5.03. The Morgan fingerprint density at radius 1 is 1.45 bits per heavy atom. The molecule has 0 aromatic heterocycles. The fraction of sp³-hybridized carbons (Fsp3) is 0.429. The number of carbonyl (C=O) groups excluding carboxylic acids is 2. The van der Waals surface area contributed by atoms with Crippen molar-refractivity contribution in [3.05, 3.63) is 29.3 Å². The van der Waals surface area contributed by atoms with Crippen molar-refractivity contribution in [2.24, 2.45) is 0 Å². The SMILES string of the molecule is CCNC(=O)c1ccc(NC(=O)C2CSCN2)c(C)c1. The molecular formula is C14H19N3O2S. The quantitative estimate of drug-likeness (QED) is 0.783. The molecule has 3 N–H and O–H groups in total. The zero-order chi connectivity index (χ0) is 14.5. The van der Waals surface area contributed by atoms with E-state index >= 15 is 0 Å². The second kappa shape index (κ2) is 6.76. The summed E-state index contributed by atoms with van der Waals surface area (Å²) < 4.78 is 0. The van der Waals surface area contributed by atoms with Crippen molar-refractivity contribution in [3.63, 3.8) is 0 Å². The van der Waals surface area contributed by atoms with E-state index in [1.54, 1.807) is 30.0 Å². The third kappa shape index (κ3) is 3.52. The molecule has 0 bridgehead atoms. The van der Waals surface area contributed by atoms with E-state index in [0.29, 0.717) is 12.1 Å². The van der Waals surface area contributed by atoms with Crippen LogP contribution in [0.4, 0.5) is 5.69 Å². The Balaban J connectivity index is 2.05. The highest BCUT2D eigenvalue weighted by atomic mass is 32.2. The number of anilines is 1. The number of thioether (sulfide) groups is 1. The van der Waals surface area contributed by atoms with E-state index in [0.717, 1.165) is 22.9 Å². The highest BCUT2D eigenvalue weighted by Gasteiger charge is 2.22. The lowest BCUT2D eigenvalue weighted by molar-refractivity contribution is -0.117. The molecule has 1 unspecified atom stereocenters. The fourth-order valence-electron chi connectivity index (χ4n) is 1.99. The summed E-state index contributed by atoms with van der Waals surface area (Å²) in [4.78, 5) is 23.8. The first kappa shape index (κ1) is 14.9. The van der Waals surface area contributed by atoms with Gasteiger partial charge in [-0.15, -0.1) is 11.8 Å². The number of hydrogen-bond donors (Lipinski definition) is 3. The molecule has 0 aliphatic carbocycles. The highest BCUT2D eigenvalue weighted by molar-refractivity contribution is 7.99. The zero-order valence-electron chi connectivity index (χ0n) is 11.7. The maximum atomic E-state index is 12.0. The van der Waals surface area contributed by atoms with E-state index in [9.17, 15) is 9.59 Å². The minimum atomic E-state index is -0.137. The number of nitrogens with one attached hydrogen (secondary N) is 3. The lowest BCUT2D eigenvalue weighted by atomic mass is 10.1. The summed E-state index contributed by atoms with van der Waals surface area (Å²) in [5.41, 5.74) is 2.24. The van der Waals surface area contributed by atoms with Crippen LogP contribution in [0, 0.1) is 6.92 Å². The number of carbonyl (C=O) groups is 2. The molecule has 1 saturated heterocycles. The van der Waals surface area contributed by atoms with Crippen LogP contribution in [0.5, 0.6) is 0 Å². The average molecular weight is 293 g/mol. The summed E-state index contributed by atoms with van der Waals surface area (Å²) in [6, 6.07) is 5.16. The van der Waals surface area contributed by atoms with Gasteiger partial charge in [-0.25, -0.2) is 0 Å². The van der Waals surface area contributed by atoms with E-state index in [1.165, 1.54) is 0 Å². The van der Waals surface area contributed by atoms with Gasteiger partial charge in [0.05, 0.1) is 6.04 Å². The minimum absolute atomic E-state index is 0.0242. The van der Waals surface area contributed by atoms with Gasteiger partial charge in [-0.1, -0.05) is 0 Å². The smallest absolute Gasteiger partial charge is 0.251 e. The molecule has 1 aromatic carbocycles. The number of benzene rings is 1. The van der Waals surface area contributed by atoms with Crippen molar-refractivity contribution < 1.29 is 9.59 Å². The molecule has 108 valence electrons. The third-order valence-corrected chi connectivity index (χ3v) is 4.06. The Hall–Kier alpha value is -1.53. The van der Waals surface area contributed by atoms with Gasteiger partial charge in [0.1, 0.15) is 0 Å². The minimum Gasteiger partial charge on any atom is -0.352 e. The van der Waals surface area contributed by atoms with Gasteiger partial charge >= 0.3 is 0 Å². The third-order valence-electron chi connectivity index (χ3n) is 3.12. The van der Waals surface area contributed by atoms with E-state index < -0.39 is 0 Å². The number of amides is 2. The van der Waals surface area contributed by atoms with Crippen LogP contribution in [0.1, 0.15) is 22.8 Å². The Morgan fingerprint density at radius 3 is 2.85 bits per heavy atom. The van der Waals surface area contributed by atoms with Crippen LogP contribution in [0.2, 0.25) is 0 Å². The van der Waals surface area contributed by atoms with Crippen LogP contribution < -0.4 is 16.0 Å². The van der Waals surface area contributed by atoms with Gasteiger partial charge in [0.15, 0.2) is 0 Å². The second-order valence-electron chi connectivity index (χ2n) is 4.65. The van der Waals surface area contributed by atoms with Crippen molar-refractivity contribution in [3.8, 4) is 0 Å². The lowest BCUT2D eigenvalue weighted by Gasteiger charge is -2.13. The summed E-state index contributed by atoms with van der Waals surface area (Å²) >= 11 is 1.71. The molecule has 2 amide bonds. The predicted molar refractivity (Wildman–Crippen MR) is 82.1 cm³/mol. The maximum absolute atomic E-state index is 12.0. The number of aryl methyl sites for hydroxylation is 1. The van der Waals surface area contributed by atoms with Crippen LogP contribution in [-0.4, -0.2) is 36.0 Å². The Labute approximate surface area is 122 Å². The van der Waals surface area contributed by atoms with Crippen molar-refractivity contribution in [1.82, 2.24) is 10.6 Å². The molecular weight excluding hydrogens is 274 g/mol. The number of rotatable bonds is 4. The van der Waals surface area contributed by atoms with Gasteiger partial charge in [-0.05, 0) is 37.6 Å². The summed E-state index contributed by atoms with van der Waals surface area (Å²) in [5, 5.41) is 8.79. The molecule has 1 aliphatic rings. The van der Waals surface area contributed by atoms with Crippen LogP contribution in [0.3, 0.4) is 0 Å². The number of hydrogen-bond acceptors (Lipinski definition) is 4. The molecule has 1 heterocycles. The molecule has 1 atom stereocenters. The zero-order valence-corrected chi connectivity index (χ0v) is 12.5. The average Bonchev–Trinajstić information content (AvgIpc) is 2.95. The van der Waals surface area contributed by atoms with Crippen molar-refractivity contribution in [2.45, 2.75) is 19.9 Å². The molecule has 2 rings (SSSR count). The second-order valence-corrected chi connectivity index (χ2v) is 5.68. The first-order chi connectivity index (χ1) is 9.61. The molecule has 0 spiro atoms. The topological polar surface area (TPSA) is 70.2 Å². The van der Waals surface area contributed by atoms with E-state index in [2.05, 4.69) is 16.0 Å². The van der Waals surface area contributed by atoms with Crippen LogP contribution >= 0.6 is 11.8 Å². The van der Waals surface area contributed by atoms with Crippen LogP contribution in [-0.2, 0) is 4.79 Å². The molecule has 1 aromatic rings. The maximum Gasteiger partial charge on any atom is 0.251 e. The van der Waals surface area contributed by atoms with Gasteiger partial charge in [-0.2, -0.15) is 0 Å². The molecule has 6 heteroatoms. The molecule has 0 radical (unpaired) electrons. The van der Waals surface area contributed by atoms with Gasteiger partial charge < -0.3 is 10.6 Å². The Bertz CT molecular complexity index is 513. The monoisotopic (exact) mass is 293 g/mol. The fourth-order valence-corrected chi connectivity index (χ4v) is 2.93. The molecule has 1 aliphatic heterocycles.